The minimum Gasteiger partial charge on any atom is -0.492 e. The maximum Gasteiger partial charge on any atom is 0.169 e. The predicted octanol–water partition coefficient (Wildman–Crippen LogP) is 2.70. The molecule has 0 aromatic heterocycles. The fourth-order valence-corrected chi connectivity index (χ4v) is 1.21. The highest BCUT2D eigenvalue weighted by atomic mass is 127. The number of alkyl halides is 1. The van der Waals surface area contributed by atoms with Crippen molar-refractivity contribution < 1.29 is 9.53 Å². The minimum absolute atomic E-state index is 0.187. The number of benzene rings is 1. The molecule has 0 saturated heterocycles. The number of Topliss-reactive ketones (excluding diaryl/α,β-unsaturated/α-hetero) is 1. The maximum absolute atomic E-state index is 11.2. The van der Waals surface area contributed by atoms with E-state index < -0.39 is 0 Å². The van der Waals surface area contributed by atoms with Crippen molar-refractivity contribution in [3.63, 3.8) is 0 Å². The second-order valence-corrected chi connectivity index (χ2v) is 2.52. The topological polar surface area (TPSA) is 26.3 Å². The highest BCUT2D eigenvalue weighted by Gasteiger charge is 2.16. The smallest absolute Gasteiger partial charge is 0.169 e. The van der Waals surface area contributed by atoms with Crippen LogP contribution in [0.25, 0.3) is 0 Å². The summed E-state index contributed by atoms with van der Waals surface area (Å²) in [7, 11) is 0. The Balaban J connectivity index is 0.000000396. The third-order valence-corrected chi connectivity index (χ3v) is 1.77. The van der Waals surface area contributed by atoms with Gasteiger partial charge in [-0.3, -0.25) is 4.79 Å². The van der Waals surface area contributed by atoms with Crippen molar-refractivity contribution in [2.75, 3.05) is 11.5 Å². The lowest BCUT2D eigenvalue weighted by atomic mass is 10.1. The molecule has 0 aliphatic carbocycles. The van der Waals surface area contributed by atoms with Gasteiger partial charge >= 0.3 is 0 Å². The number of fused-ring (bicyclic) bond motifs is 1. The van der Waals surface area contributed by atoms with Crippen LogP contribution in [-0.4, -0.2) is 17.3 Å². The van der Waals surface area contributed by atoms with E-state index in [1.54, 1.807) is 6.07 Å². The van der Waals surface area contributed by atoms with Crippen molar-refractivity contribution >= 4 is 28.4 Å². The van der Waals surface area contributed by atoms with E-state index in [1.807, 2.05) is 23.1 Å². The Morgan fingerprint density at radius 2 is 2.00 bits per heavy atom. The standard InChI is InChI=1S/C9H8O2.CH3I/c10-8-5-6-11-9-4-2-1-3-7(8)9;1-2/h1-4H,5-6H2;1H3. The molecule has 70 valence electrons. The number of ketones is 1. The summed E-state index contributed by atoms with van der Waals surface area (Å²) in [5, 5.41) is 0. The molecule has 0 amide bonds. The van der Waals surface area contributed by atoms with E-state index in [0.29, 0.717) is 13.0 Å². The predicted molar refractivity (Wildman–Crippen MR) is 60.8 cm³/mol. The molecule has 0 saturated carbocycles. The second-order valence-electron chi connectivity index (χ2n) is 2.52. The Morgan fingerprint density at radius 3 is 2.69 bits per heavy atom. The number of para-hydroxylation sites is 1. The van der Waals surface area contributed by atoms with Gasteiger partial charge in [0.05, 0.1) is 12.2 Å². The first-order chi connectivity index (χ1) is 6.38. The van der Waals surface area contributed by atoms with Crippen LogP contribution in [0.15, 0.2) is 24.3 Å². The Labute approximate surface area is 91.4 Å². The van der Waals surface area contributed by atoms with E-state index in [1.165, 1.54) is 0 Å². The lowest BCUT2D eigenvalue weighted by molar-refractivity contribution is 0.0933. The van der Waals surface area contributed by atoms with Crippen LogP contribution >= 0.6 is 22.6 Å². The molecule has 3 heteroatoms. The van der Waals surface area contributed by atoms with Crippen molar-refractivity contribution in [3.8, 4) is 5.75 Å². The maximum atomic E-state index is 11.2. The number of carbonyl (C=O) groups is 1. The lowest BCUT2D eigenvalue weighted by Gasteiger charge is -2.14. The van der Waals surface area contributed by atoms with Crippen molar-refractivity contribution in [3.05, 3.63) is 29.8 Å². The summed E-state index contributed by atoms with van der Waals surface area (Å²) in [6, 6.07) is 7.35. The summed E-state index contributed by atoms with van der Waals surface area (Å²) in [6.07, 6.45) is 0.511. The first-order valence-corrected chi connectivity index (χ1v) is 6.16. The molecule has 1 aromatic carbocycles. The van der Waals surface area contributed by atoms with Gasteiger partial charge in [-0.1, -0.05) is 34.7 Å². The van der Waals surface area contributed by atoms with Crippen LogP contribution in [0.2, 0.25) is 0 Å². The van der Waals surface area contributed by atoms with E-state index in [0.717, 1.165) is 11.3 Å². The van der Waals surface area contributed by atoms with Gasteiger partial charge in [0.2, 0.25) is 0 Å². The van der Waals surface area contributed by atoms with Crippen LogP contribution in [0.3, 0.4) is 0 Å². The van der Waals surface area contributed by atoms with Crippen LogP contribution in [0, 0.1) is 0 Å². The summed E-state index contributed by atoms with van der Waals surface area (Å²) in [6.45, 7) is 0.524. The number of rotatable bonds is 0. The monoisotopic (exact) mass is 290 g/mol. The lowest BCUT2D eigenvalue weighted by Crippen LogP contribution is -2.14. The molecule has 1 aliphatic rings. The number of ether oxygens (including phenoxy) is 1. The summed E-state index contributed by atoms with van der Waals surface area (Å²) in [4.78, 5) is 13.2. The van der Waals surface area contributed by atoms with Crippen LogP contribution in [0.5, 0.6) is 5.75 Å². The van der Waals surface area contributed by atoms with Crippen LogP contribution < -0.4 is 4.74 Å². The molecule has 0 fully saturated rings. The normalized spacial score (nSPS) is 13.5. The molecule has 0 radical (unpaired) electrons. The molecule has 0 unspecified atom stereocenters. The van der Waals surface area contributed by atoms with Gasteiger partial charge in [0.25, 0.3) is 0 Å². The van der Waals surface area contributed by atoms with Crippen LogP contribution in [0.4, 0.5) is 0 Å². The summed E-state index contributed by atoms with van der Waals surface area (Å²) in [5.41, 5.74) is 0.721. The molecule has 2 nitrogen and oxygen atoms in total. The van der Waals surface area contributed by atoms with Crippen molar-refractivity contribution in [2.24, 2.45) is 0 Å². The van der Waals surface area contributed by atoms with E-state index in [-0.39, 0.29) is 5.78 Å². The van der Waals surface area contributed by atoms with E-state index in [4.69, 9.17) is 4.74 Å². The highest BCUT2D eigenvalue weighted by molar-refractivity contribution is 14.1. The van der Waals surface area contributed by atoms with E-state index >= 15 is 0 Å². The molecule has 1 heterocycles. The van der Waals surface area contributed by atoms with Crippen LogP contribution in [-0.2, 0) is 0 Å². The third kappa shape index (κ3) is 2.43. The van der Waals surface area contributed by atoms with Crippen molar-refractivity contribution in [1.82, 2.24) is 0 Å². The molecule has 2 rings (SSSR count). The molecule has 0 N–H and O–H groups in total. The summed E-state index contributed by atoms with van der Waals surface area (Å²) >= 11 is 2.15. The zero-order valence-electron chi connectivity index (χ0n) is 7.42. The Morgan fingerprint density at radius 1 is 1.31 bits per heavy atom. The van der Waals surface area contributed by atoms with Crippen molar-refractivity contribution in [1.29, 1.82) is 0 Å². The summed E-state index contributed by atoms with van der Waals surface area (Å²) in [5.74, 6) is 0.913. The van der Waals surface area contributed by atoms with Crippen LogP contribution in [0.1, 0.15) is 16.8 Å². The van der Waals surface area contributed by atoms with Crippen molar-refractivity contribution in [2.45, 2.75) is 6.42 Å². The number of hydrogen-bond donors (Lipinski definition) is 0. The fourth-order valence-electron chi connectivity index (χ4n) is 1.21. The van der Waals surface area contributed by atoms with E-state index in [2.05, 4.69) is 22.6 Å². The average Bonchev–Trinajstić information content (AvgIpc) is 2.22. The molecule has 13 heavy (non-hydrogen) atoms. The first-order valence-electron chi connectivity index (χ1n) is 4.01. The zero-order valence-corrected chi connectivity index (χ0v) is 9.58. The van der Waals surface area contributed by atoms with Gasteiger partial charge in [0, 0.05) is 6.42 Å². The molecular formula is C10H11IO2. The number of halogens is 1. The largest absolute Gasteiger partial charge is 0.492 e. The summed E-state index contributed by atoms with van der Waals surface area (Å²) < 4.78 is 5.27. The number of hydrogen-bond acceptors (Lipinski definition) is 2. The molecule has 0 atom stereocenters. The molecule has 0 spiro atoms. The SMILES string of the molecule is CI.O=C1CCOc2ccccc21. The quantitative estimate of drug-likeness (QED) is 0.542. The van der Waals surface area contributed by atoms with Gasteiger partial charge in [-0.15, -0.1) is 0 Å². The Hall–Kier alpha value is -0.580. The van der Waals surface area contributed by atoms with Gasteiger partial charge in [0.15, 0.2) is 5.78 Å². The second kappa shape index (κ2) is 5.21. The Bertz CT molecular complexity index is 297. The first kappa shape index (κ1) is 10.5. The third-order valence-electron chi connectivity index (χ3n) is 1.77. The molecule has 1 aromatic rings. The Kier molecular flexibility index (Phi) is 4.21. The molecule has 0 bridgehead atoms. The van der Waals surface area contributed by atoms with E-state index in [9.17, 15) is 4.79 Å². The highest BCUT2D eigenvalue weighted by Crippen LogP contribution is 2.23. The molecule has 1 aliphatic heterocycles. The fraction of sp³-hybridized carbons (Fsp3) is 0.300. The van der Waals surface area contributed by atoms with Gasteiger partial charge in [-0.25, -0.2) is 0 Å². The molecular weight excluding hydrogens is 279 g/mol. The minimum atomic E-state index is 0.187. The average molecular weight is 290 g/mol. The van der Waals surface area contributed by atoms with Gasteiger partial charge < -0.3 is 4.74 Å². The number of carbonyl (C=O) groups excluding carboxylic acids is 1. The van der Waals surface area contributed by atoms with Gasteiger partial charge in [-0.05, 0) is 17.1 Å². The van der Waals surface area contributed by atoms with Gasteiger partial charge in [-0.2, -0.15) is 0 Å². The zero-order chi connectivity index (χ0) is 9.68. The van der Waals surface area contributed by atoms with Gasteiger partial charge in [0.1, 0.15) is 5.75 Å².